The Bertz CT molecular complexity index is 1290. The summed E-state index contributed by atoms with van der Waals surface area (Å²) in [5, 5.41) is 12.1. The number of rotatable bonds is 8. The van der Waals surface area contributed by atoms with Crippen LogP contribution in [0.5, 0.6) is 11.5 Å². The van der Waals surface area contributed by atoms with E-state index in [1.54, 1.807) is 19.1 Å². The van der Waals surface area contributed by atoms with E-state index in [1.807, 2.05) is 49.4 Å². The lowest BCUT2D eigenvalue weighted by Crippen LogP contribution is -2.30. The fourth-order valence-corrected chi connectivity index (χ4v) is 4.64. The number of ketones is 1. The molecule has 3 aromatic carbocycles. The largest absolute Gasteiger partial charge is 0.454 e. The molecule has 1 aliphatic heterocycles. The second-order valence-corrected chi connectivity index (χ2v) is 9.54. The van der Waals surface area contributed by atoms with Crippen molar-refractivity contribution in [2.75, 3.05) is 13.3 Å². The highest BCUT2D eigenvalue weighted by molar-refractivity contribution is 5.96. The smallest absolute Gasteiger partial charge is 0.251 e. The van der Waals surface area contributed by atoms with Gasteiger partial charge in [-0.15, -0.1) is 0 Å². The maximum atomic E-state index is 13.4. The van der Waals surface area contributed by atoms with E-state index >= 15 is 0 Å². The van der Waals surface area contributed by atoms with Gasteiger partial charge in [0.05, 0.1) is 11.5 Å². The second kappa shape index (κ2) is 9.19. The van der Waals surface area contributed by atoms with E-state index in [0.29, 0.717) is 17.7 Å². The van der Waals surface area contributed by atoms with Crippen LogP contribution in [0.4, 0.5) is 0 Å². The van der Waals surface area contributed by atoms with Gasteiger partial charge in [0.15, 0.2) is 11.5 Å². The Morgan fingerprint density at radius 1 is 1.03 bits per heavy atom. The number of fused-ring (bicyclic) bond motifs is 1. The van der Waals surface area contributed by atoms with Crippen molar-refractivity contribution in [2.45, 2.75) is 44.6 Å². The first-order chi connectivity index (χ1) is 16.9. The van der Waals surface area contributed by atoms with Crippen molar-refractivity contribution >= 4 is 11.7 Å². The number of aliphatic hydroxyl groups excluding tert-OH is 1. The van der Waals surface area contributed by atoms with E-state index in [9.17, 15) is 14.7 Å². The molecular formula is C29H33NO5. The summed E-state index contributed by atoms with van der Waals surface area (Å²) in [7, 11) is 0. The molecule has 1 aliphatic carbocycles. The van der Waals surface area contributed by atoms with Gasteiger partial charge in [-0.2, -0.15) is 0 Å². The van der Waals surface area contributed by atoms with E-state index in [1.165, 1.54) is 0 Å². The van der Waals surface area contributed by atoms with Crippen LogP contribution in [0.15, 0.2) is 60.7 Å². The number of hydrogen-bond acceptors (Lipinski definition) is 5. The molecule has 0 unspecified atom stereocenters. The zero-order valence-electron chi connectivity index (χ0n) is 20.0. The van der Waals surface area contributed by atoms with E-state index in [2.05, 4.69) is 11.4 Å². The Morgan fingerprint density at radius 2 is 1.77 bits per heavy atom. The Kier molecular flexibility index (Phi) is 6.07. The number of benzene rings is 3. The summed E-state index contributed by atoms with van der Waals surface area (Å²) in [6, 6.07) is 19.4. The topological polar surface area (TPSA) is 84.9 Å². The summed E-state index contributed by atoms with van der Waals surface area (Å²) in [5.74, 6) is 1.44. The molecule has 3 aromatic rings. The summed E-state index contributed by atoms with van der Waals surface area (Å²) in [6.45, 7) is 4.10. The average molecular weight is 476 g/mol. The number of aliphatic hydroxyl groups is 1. The highest BCUT2D eigenvalue weighted by Gasteiger charge is 2.50. The van der Waals surface area contributed by atoms with Crippen LogP contribution in [0.3, 0.4) is 0 Å². The zero-order valence-corrected chi connectivity index (χ0v) is 20.0. The SMILES string of the molecule is Cc1ccc(CC(=O)C2(c3ccc4c(c3)OCO4)CC2)cc1-c1ccc(C(=O)NC[C@H](C)O)cc1.[HH].[HH]. The Labute approximate surface area is 207 Å². The van der Waals surface area contributed by atoms with Crippen molar-refractivity contribution in [3.63, 3.8) is 0 Å². The first kappa shape index (κ1) is 23.1. The molecular weight excluding hydrogens is 442 g/mol. The molecule has 0 aromatic heterocycles. The van der Waals surface area contributed by atoms with Gasteiger partial charge in [-0.05, 0) is 78.8 Å². The molecule has 184 valence electrons. The summed E-state index contributed by atoms with van der Waals surface area (Å²) in [6.07, 6.45) is 1.47. The number of hydrogen-bond donors (Lipinski definition) is 2. The van der Waals surface area contributed by atoms with Gasteiger partial charge in [-0.3, -0.25) is 9.59 Å². The summed E-state index contributed by atoms with van der Waals surface area (Å²) in [4.78, 5) is 25.7. The van der Waals surface area contributed by atoms with Gasteiger partial charge in [-0.1, -0.05) is 36.4 Å². The molecule has 1 amide bonds. The van der Waals surface area contributed by atoms with Crippen LogP contribution in [-0.2, 0) is 16.6 Å². The fraction of sp³-hybridized carbons (Fsp3) is 0.310. The van der Waals surface area contributed by atoms with Crippen LogP contribution < -0.4 is 14.8 Å². The third-order valence-electron chi connectivity index (χ3n) is 6.89. The van der Waals surface area contributed by atoms with Crippen LogP contribution in [0, 0.1) is 6.92 Å². The Hall–Kier alpha value is -3.64. The minimum Gasteiger partial charge on any atom is -0.454 e. The normalized spacial score (nSPS) is 16.0. The van der Waals surface area contributed by atoms with Gasteiger partial charge in [0, 0.05) is 21.4 Å². The van der Waals surface area contributed by atoms with Gasteiger partial charge in [-0.25, -0.2) is 0 Å². The lowest BCUT2D eigenvalue weighted by molar-refractivity contribution is -0.120. The van der Waals surface area contributed by atoms with E-state index < -0.39 is 11.5 Å². The van der Waals surface area contributed by atoms with Crippen molar-refractivity contribution in [1.29, 1.82) is 0 Å². The average Bonchev–Trinajstić information content (AvgIpc) is 3.54. The summed E-state index contributed by atoms with van der Waals surface area (Å²) < 4.78 is 10.9. The van der Waals surface area contributed by atoms with E-state index in [-0.39, 0.29) is 27.9 Å². The van der Waals surface area contributed by atoms with Gasteiger partial charge in [0.25, 0.3) is 5.91 Å². The molecule has 0 spiro atoms. The Morgan fingerprint density at radius 3 is 2.49 bits per heavy atom. The maximum absolute atomic E-state index is 13.4. The van der Waals surface area contributed by atoms with Gasteiger partial charge in [0.1, 0.15) is 5.78 Å². The number of carbonyl (C=O) groups is 2. The summed E-state index contributed by atoms with van der Waals surface area (Å²) in [5.41, 5.74) is 5.21. The third kappa shape index (κ3) is 4.66. The number of ether oxygens (including phenoxy) is 2. The minimum absolute atomic E-state index is 0. The van der Waals surface area contributed by atoms with Crippen LogP contribution in [0.25, 0.3) is 11.1 Å². The lowest BCUT2D eigenvalue weighted by atomic mass is 9.87. The van der Waals surface area contributed by atoms with Crippen LogP contribution in [0.2, 0.25) is 0 Å². The molecule has 2 N–H and O–H groups in total. The van der Waals surface area contributed by atoms with Gasteiger partial charge >= 0.3 is 0 Å². The van der Waals surface area contributed by atoms with Crippen LogP contribution in [0.1, 0.15) is 49.7 Å². The van der Waals surface area contributed by atoms with Gasteiger partial charge in [0.2, 0.25) is 6.79 Å². The monoisotopic (exact) mass is 475 g/mol. The molecule has 5 rings (SSSR count). The summed E-state index contributed by atoms with van der Waals surface area (Å²) >= 11 is 0. The van der Waals surface area contributed by atoms with Crippen molar-refractivity contribution in [2.24, 2.45) is 0 Å². The number of carbonyl (C=O) groups excluding carboxylic acids is 2. The molecule has 0 radical (unpaired) electrons. The maximum Gasteiger partial charge on any atom is 0.251 e. The number of Topliss-reactive ketones (excluding diaryl/α,β-unsaturated/α-hetero) is 1. The highest BCUT2D eigenvalue weighted by Crippen LogP contribution is 2.51. The number of aryl methyl sites for hydroxylation is 1. The predicted molar refractivity (Wildman–Crippen MR) is 137 cm³/mol. The van der Waals surface area contributed by atoms with Gasteiger partial charge < -0.3 is 19.9 Å². The van der Waals surface area contributed by atoms with E-state index in [0.717, 1.165) is 46.4 Å². The minimum atomic E-state index is -0.592. The highest BCUT2D eigenvalue weighted by atomic mass is 16.7. The molecule has 1 saturated carbocycles. The molecule has 6 heteroatoms. The van der Waals surface area contributed by atoms with Crippen molar-refractivity contribution in [1.82, 2.24) is 5.32 Å². The first-order valence-electron chi connectivity index (χ1n) is 12.0. The molecule has 35 heavy (non-hydrogen) atoms. The Balaban J connectivity index is 0.00000190. The molecule has 1 fully saturated rings. The number of nitrogens with one attached hydrogen (secondary N) is 1. The van der Waals surface area contributed by atoms with E-state index in [4.69, 9.17) is 9.47 Å². The lowest BCUT2D eigenvalue weighted by Gasteiger charge is -2.16. The van der Waals surface area contributed by atoms with Crippen LogP contribution >= 0.6 is 0 Å². The van der Waals surface area contributed by atoms with Crippen LogP contribution in [-0.4, -0.2) is 36.2 Å². The molecule has 1 heterocycles. The fourth-order valence-electron chi connectivity index (χ4n) is 4.64. The zero-order chi connectivity index (χ0) is 24.6. The van der Waals surface area contributed by atoms with Crippen molar-refractivity contribution < 1.29 is 27.0 Å². The standard InChI is InChI=1S/C29H29NO5.2H2/c1-18-3-4-20(13-24(18)21-5-7-22(8-6-21)28(33)30-16-19(2)31)14-27(32)29(11-12-29)23-9-10-25-26(15-23)35-17-34-25;;/h3-10,13,15,19,31H,11-12,14,16-17H2,1-2H3,(H,30,33);2*1H/t19-;;/m0../s1. The quantitative estimate of drug-likeness (QED) is 0.487. The first-order valence-corrected chi connectivity index (χ1v) is 12.0. The van der Waals surface area contributed by atoms with Crippen molar-refractivity contribution in [3.05, 3.63) is 82.9 Å². The molecule has 6 nitrogen and oxygen atoms in total. The molecule has 1 atom stereocenters. The second-order valence-electron chi connectivity index (χ2n) is 9.54. The number of amides is 1. The third-order valence-corrected chi connectivity index (χ3v) is 6.89. The predicted octanol–water partition coefficient (Wildman–Crippen LogP) is 4.84. The molecule has 0 saturated heterocycles. The van der Waals surface area contributed by atoms with Crippen molar-refractivity contribution in [3.8, 4) is 22.6 Å². The molecule has 0 bridgehead atoms. The molecule has 2 aliphatic rings.